The molecule has 1 aromatic heterocycles. The molecule has 0 spiro atoms. The van der Waals surface area contributed by atoms with Crippen LogP contribution in [0.4, 0.5) is 5.69 Å². The maximum atomic E-state index is 11.7. The third-order valence-electron chi connectivity index (χ3n) is 3.75. The van der Waals surface area contributed by atoms with Gasteiger partial charge in [-0.05, 0) is 36.3 Å². The molecule has 1 saturated heterocycles. The summed E-state index contributed by atoms with van der Waals surface area (Å²) in [7, 11) is 0. The summed E-state index contributed by atoms with van der Waals surface area (Å²) in [4.78, 5) is 25.2. The first-order valence-corrected chi connectivity index (χ1v) is 7.60. The van der Waals surface area contributed by atoms with E-state index in [1.807, 2.05) is 30.3 Å². The largest absolute Gasteiger partial charge is 0.472 e. The number of carbonyl (C=O) groups is 2. The van der Waals surface area contributed by atoms with Crippen molar-refractivity contribution in [3.8, 4) is 0 Å². The molecule has 0 atom stereocenters. The highest BCUT2D eigenvalue weighted by Crippen LogP contribution is 2.21. The lowest BCUT2D eigenvalue weighted by Gasteiger charge is -2.15. The van der Waals surface area contributed by atoms with Crippen molar-refractivity contribution in [1.29, 1.82) is 0 Å². The van der Waals surface area contributed by atoms with E-state index in [-0.39, 0.29) is 11.8 Å². The van der Waals surface area contributed by atoms with Gasteiger partial charge in [0.1, 0.15) is 0 Å². The summed E-state index contributed by atoms with van der Waals surface area (Å²) in [5.41, 5.74) is 2.75. The van der Waals surface area contributed by atoms with Crippen molar-refractivity contribution >= 4 is 23.6 Å². The van der Waals surface area contributed by atoms with E-state index in [9.17, 15) is 9.59 Å². The molecule has 1 aromatic carbocycles. The minimum absolute atomic E-state index is 0.162. The second kappa shape index (κ2) is 6.96. The van der Waals surface area contributed by atoms with Crippen LogP contribution in [0.25, 0.3) is 6.08 Å². The zero-order valence-corrected chi connectivity index (χ0v) is 12.7. The molecule has 1 aliphatic rings. The lowest BCUT2D eigenvalue weighted by Crippen LogP contribution is -2.23. The van der Waals surface area contributed by atoms with Crippen LogP contribution in [-0.2, 0) is 16.1 Å². The third-order valence-corrected chi connectivity index (χ3v) is 3.75. The van der Waals surface area contributed by atoms with E-state index in [1.165, 1.54) is 6.08 Å². The Hall–Kier alpha value is -2.82. The normalized spacial score (nSPS) is 14.6. The zero-order valence-electron chi connectivity index (χ0n) is 12.7. The summed E-state index contributed by atoms with van der Waals surface area (Å²) in [6.07, 6.45) is 7.96. The first-order valence-electron chi connectivity index (χ1n) is 7.60. The fraction of sp³-hybridized carbons (Fsp3) is 0.222. The molecule has 2 aromatic rings. The SMILES string of the molecule is O=C(/C=C\c1ccc(N2CCCC2=O)cc1)NCc1ccoc1. The van der Waals surface area contributed by atoms with Crippen molar-refractivity contribution < 1.29 is 14.0 Å². The van der Waals surface area contributed by atoms with E-state index in [4.69, 9.17) is 4.42 Å². The maximum absolute atomic E-state index is 11.7. The molecular formula is C18H18N2O3. The van der Waals surface area contributed by atoms with Crippen LogP contribution in [0.1, 0.15) is 24.0 Å². The number of anilines is 1. The second-order valence-electron chi connectivity index (χ2n) is 5.42. The van der Waals surface area contributed by atoms with Gasteiger partial charge in [-0.3, -0.25) is 9.59 Å². The van der Waals surface area contributed by atoms with Crippen LogP contribution >= 0.6 is 0 Å². The number of nitrogens with zero attached hydrogens (tertiary/aromatic N) is 1. The summed E-state index contributed by atoms with van der Waals surface area (Å²) in [6.45, 7) is 1.22. The molecule has 0 aliphatic carbocycles. The third kappa shape index (κ3) is 3.88. The number of furan rings is 1. The summed E-state index contributed by atoms with van der Waals surface area (Å²) in [5.74, 6) is 0.0110. The van der Waals surface area contributed by atoms with Gasteiger partial charge in [0, 0.05) is 36.8 Å². The van der Waals surface area contributed by atoms with E-state index in [0.717, 1.165) is 29.8 Å². The first kappa shape index (κ1) is 15.1. The molecule has 3 rings (SSSR count). The van der Waals surface area contributed by atoms with Gasteiger partial charge in [0.15, 0.2) is 0 Å². The van der Waals surface area contributed by atoms with Gasteiger partial charge in [-0.25, -0.2) is 0 Å². The van der Waals surface area contributed by atoms with Crippen LogP contribution in [0, 0.1) is 0 Å². The predicted molar refractivity (Wildman–Crippen MR) is 87.6 cm³/mol. The van der Waals surface area contributed by atoms with Gasteiger partial charge in [-0.2, -0.15) is 0 Å². The number of benzene rings is 1. The van der Waals surface area contributed by atoms with Crippen molar-refractivity contribution in [2.24, 2.45) is 0 Å². The molecule has 0 saturated carbocycles. The highest BCUT2D eigenvalue weighted by molar-refractivity contribution is 5.95. The number of hydrogen-bond donors (Lipinski definition) is 1. The summed E-state index contributed by atoms with van der Waals surface area (Å²) in [5, 5.41) is 2.78. The summed E-state index contributed by atoms with van der Waals surface area (Å²) >= 11 is 0. The zero-order chi connectivity index (χ0) is 16.1. The minimum Gasteiger partial charge on any atom is -0.472 e. The first-order chi connectivity index (χ1) is 11.2. The highest BCUT2D eigenvalue weighted by Gasteiger charge is 2.21. The molecule has 23 heavy (non-hydrogen) atoms. The van der Waals surface area contributed by atoms with E-state index in [2.05, 4.69) is 5.32 Å². The molecule has 5 heteroatoms. The molecule has 0 radical (unpaired) electrons. The van der Waals surface area contributed by atoms with E-state index in [0.29, 0.717) is 13.0 Å². The summed E-state index contributed by atoms with van der Waals surface area (Å²) < 4.78 is 4.94. The van der Waals surface area contributed by atoms with Crippen LogP contribution in [0.15, 0.2) is 53.4 Å². The van der Waals surface area contributed by atoms with Crippen molar-refractivity contribution in [2.75, 3.05) is 11.4 Å². The molecule has 2 heterocycles. The van der Waals surface area contributed by atoms with Gasteiger partial charge in [-0.1, -0.05) is 12.1 Å². The number of amides is 2. The molecule has 0 bridgehead atoms. The molecule has 118 valence electrons. The van der Waals surface area contributed by atoms with Gasteiger partial charge >= 0.3 is 0 Å². The fourth-order valence-corrected chi connectivity index (χ4v) is 2.50. The topological polar surface area (TPSA) is 62.6 Å². The lowest BCUT2D eigenvalue weighted by molar-refractivity contribution is -0.117. The van der Waals surface area contributed by atoms with Crippen LogP contribution < -0.4 is 10.2 Å². The van der Waals surface area contributed by atoms with E-state index < -0.39 is 0 Å². The average molecular weight is 310 g/mol. The molecule has 0 unspecified atom stereocenters. The van der Waals surface area contributed by atoms with Gasteiger partial charge < -0.3 is 14.6 Å². The van der Waals surface area contributed by atoms with Crippen LogP contribution in [-0.4, -0.2) is 18.4 Å². The van der Waals surface area contributed by atoms with Gasteiger partial charge in [0.25, 0.3) is 0 Å². The summed E-state index contributed by atoms with van der Waals surface area (Å²) in [6, 6.07) is 9.43. The molecule has 5 nitrogen and oxygen atoms in total. The smallest absolute Gasteiger partial charge is 0.244 e. The average Bonchev–Trinajstić information content (AvgIpc) is 3.23. The Bertz CT molecular complexity index is 702. The number of carbonyl (C=O) groups excluding carboxylic acids is 2. The second-order valence-corrected chi connectivity index (χ2v) is 5.42. The van der Waals surface area contributed by atoms with Gasteiger partial charge in [0.2, 0.25) is 11.8 Å². The Morgan fingerprint density at radius 2 is 2.09 bits per heavy atom. The van der Waals surface area contributed by atoms with E-state index >= 15 is 0 Å². The Labute approximate surface area is 134 Å². The molecular weight excluding hydrogens is 292 g/mol. The molecule has 1 fully saturated rings. The Morgan fingerprint density at radius 1 is 1.26 bits per heavy atom. The molecule has 1 N–H and O–H groups in total. The molecule has 1 aliphatic heterocycles. The lowest BCUT2D eigenvalue weighted by atomic mass is 10.2. The minimum atomic E-state index is -0.162. The highest BCUT2D eigenvalue weighted by atomic mass is 16.3. The molecule has 2 amide bonds. The standard InChI is InChI=1S/C18H18N2O3/c21-17(19-12-15-9-11-23-13-15)8-5-14-3-6-16(7-4-14)20-10-1-2-18(20)22/h3-9,11,13H,1-2,10,12H2,(H,19,21)/b8-5-. The van der Waals surface area contributed by atoms with Gasteiger partial charge in [-0.15, -0.1) is 0 Å². The van der Waals surface area contributed by atoms with Crippen molar-refractivity contribution in [2.45, 2.75) is 19.4 Å². The van der Waals surface area contributed by atoms with Crippen LogP contribution in [0.5, 0.6) is 0 Å². The maximum Gasteiger partial charge on any atom is 0.244 e. The number of hydrogen-bond acceptors (Lipinski definition) is 3. The quantitative estimate of drug-likeness (QED) is 0.864. The van der Waals surface area contributed by atoms with Crippen LogP contribution in [0.2, 0.25) is 0 Å². The van der Waals surface area contributed by atoms with Gasteiger partial charge in [0.05, 0.1) is 12.5 Å². The fourth-order valence-electron chi connectivity index (χ4n) is 2.50. The Balaban J connectivity index is 1.55. The van der Waals surface area contributed by atoms with Crippen molar-refractivity contribution in [1.82, 2.24) is 5.32 Å². The monoisotopic (exact) mass is 310 g/mol. The Kier molecular flexibility index (Phi) is 4.57. The van der Waals surface area contributed by atoms with Crippen LogP contribution in [0.3, 0.4) is 0 Å². The Morgan fingerprint density at radius 3 is 2.74 bits per heavy atom. The number of rotatable bonds is 5. The number of nitrogens with one attached hydrogen (secondary N) is 1. The predicted octanol–water partition coefficient (Wildman–Crippen LogP) is 2.74. The van der Waals surface area contributed by atoms with Crippen molar-refractivity contribution in [3.63, 3.8) is 0 Å². The van der Waals surface area contributed by atoms with E-state index in [1.54, 1.807) is 23.5 Å². The van der Waals surface area contributed by atoms with Crippen molar-refractivity contribution in [3.05, 3.63) is 60.1 Å².